The van der Waals surface area contributed by atoms with Gasteiger partial charge in [0.2, 0.25) is 15.9 Å². The van der Waals surface area contributed by atoms with E-state index in [2.05, 4.69) is 9.47 Å². The molecule has 4 rings (SSSR count). The summed E-state index contributed by atoms with van der Waals surface area (Å²) in [5.74, 6) is 0.541. The summed E-state index contributed by atoms with van der Waals surface area (Å²) in [5, 5.41) is 0. The molecule has 0 spiro atoms. The van der Waals surface area contributed by atoms with Gasteiger partial charge in [-0.1, -0.05) is 6.42 Å². The molecular weight excluding hydrogens is 390 g/mol. The summed E-state index contributed by atoms with van der Waals surface area (Å²) in [6.07, 6.45) is 4.62. The molecule has 1 aromatic carbocycles. The van der Waals surface area contributed by atoms with Crippen molar-refractivity contribution in [3.05, 3.63) is 24.0 Å². The molecule has 2 aliphatic rings. The Labute approximate surface area is 171 Å². The van der Waals surface area contributed by atoms with Crippen LogP contribution < -0.4 is 5.73 Å². The number of primary amides is 1. The van der Waals surface area contributed by atoms with Crippen LogP contribution in [-0.4, -0.2) is 58.8 Å². The van der Waals surface area contributed by atoms with Gasteiger partial charge in [0.25, 0.3) is 0 Å². The molecule has 2 aromatic rings. The van der Waals surface area contributed by atoms with Crippen LogP contribution in [0.3, 0.4) is 0 Å². The summed E-state index contributed by atoms with van der Waals surface area (Å²) in [7, 11) is -3.49. The quantitative estimate of drug-likeness (QED) is 0.768. The van der Waals surface area contributed by atoms with E-state index in [0.29, 0.717) is 30.0 Å². The van der Waals surface area contributed by atoms with Gasteiger partial charge in [0.05, 0.1) is 28.5 Å². The Balaban J connectivity index is 1.66. The van der Waals surface area contributed by atoms with Crippen LogP contribution in [0, 0.1) is 0 Å². The van der Waals surface area contributed by atoms with Gasteiger partial charge >= 0.3 is 0 Å². The zero-order valence-electron chi connectivity index (χ0n) is 16.9. The second-order valence-corrected chi connectivity index (χ2v) is 9.86. The monoisotopic (exact) mass is 419 g/mol. The minimum Gasteiger partial charge on any atom is -0.368 e. The van der Waals surface area contributed by atoms with Crippen molar-refractivity contribution in [3.8, 4) is 0 Å². The second kappa shape index (κ2) is 8.04. The van der Waals surface area contributed by atoms with E-state index in [9.17, 15) is 13.2 Å². The lowest BCUT2D eigenvalue weighted by atomic mass is 10.2. The smallest absolute Gasteiger partial charge is 0.243 e. The molecule has 2 saturated heterocycles. The molecule has 3 heterocycles. The van der Waals surface area contributed by atoms with Crippen LogP contribution in [0.25, 0.3) is 11.0 Å². The molecule has 0 aliphatic carbocycles. The van der Waals surface area contributed by atoms with Crippen molar-refractivity contribution in [3.63, 3.8) is 0 Å². The van der Waals surface area contributed by atoms with Gasteiger partial charge < -0.3 is 10.3 Å². The van der Waals surface area contributed by atoms with E-state index in [1.54, 1.807) is 16.4 Å². The number of nitrogens with zero attached hydrogens (tertiary/aromatic N) is 4. The van der Waals surface area contributed by atoms with Gasteiger partial charge in [-0.25, -0.2) is 13.4 Å². The van der Waals surface area contributed by atoms with Crippen molar-refractivity contribution in [1.82, 2.24) is 18.8 Å². The van der Waals surface area contributed by atoms with E-state index in [1.807, 2.05) is 13.0 Å². The van der Waals surface area contributed by atoms with Gasteiger partial charge in [-0.2, -0.15) is 4.31 Å². The molecule has 0 radical (unpaired) electrons. The highest BCUT2D eigenvalue weighted by molar-refractivity contribution is 7.89. The highest BCUT2D eigenvalue weighted by Crippen LogP contribution is 2.26. The number of fused-ring (bicyclic) bond motifs is 1. The minimum absolute atomic E-state index is 0.254. The number of aromatic nitrogens is 2. The number of carbonyl (C=O) groups excluding carboxylic acids is 1. The fourth-order valence-corrected chi connectivity index (χ4v) is 6.10. The number of aryl methyl sites for hydroxylation is 1. The number of sulfonamides is 1. The summed E-state index contributed by atoms with van der Waals surface area (Å²) in [6.45, 7) is 5.27. The first-order valence-corrected chi connectivity index (χ1v) is 11.9. The third-order valence-electron chi connectivity index (χ3n) is 6.10. The van der Waals surface area contributed by atoms with Gasteiger partial charge in [0.15, 0.2) is 0 Å². The molecule has 1 amide bonds. The first kappa shape index (κ1) is 20.3. The Hall–Kier alpha value is -1.97. The molecule has 2 N–H and O–H groups in total. The average Bonchev–Trinajstić information content (AvgIpc) is 3.32. The van der Waals surface area contributed by atoms with E-state index in [-0.39, 0.29) is 11.9 Å². The third kappa shape index (κ3) is 3.78. The Kier molecular flexibility index (Phi) is 5.63. The summed E-state index contributed by atoms with van der Waals surface area (Å²) >= 11 is 0. The summed E-state index contributed by atoms with van der Waals surface area (Å²) in [6, 6.07) is 4.97. The van der Waals surface area contributed by atoms with Crippen molar-refractivity contribution < 1.29 is 13.2 Å². The molecule has 9 heteroatoms. The van der Waals surface area contributed by atoms with Crippen LogP contribution in [0.15, 0.2) is 23.1 Å². The lowest BCUT2D eigenvalue weighted by Crippen LogP contribution is -2.40. The molecule has 0 unspecified atom stereocenters. The van der Waals surface area contributed by atoms with Crippen LogP contribution in [0.5, 0.6) is 0 Å². The number of rotatable bonds is 6. The van der Waals surface area contributed by atoms with Crippen LogP contribution in [-0.2, 0) is 27.9 Å². The van der Waals surface area contributed by atoms with Crippen LogP contribution in [0.2, 0.25) is 0 Å². The standard InChI is InChI=1S/C20H29N5O3S/c1-2-25-17-9-8-15(29(27,28)24-11-4-3-5-12-24)13-16(17)22-19(25)14-23-10-6-7-18(23)20(21)26/h8-9,13,18H,2-7,10-12,14H2,1H3,(H2,21,26)/t18-/m1/s1. The average molecular weight is 420 g/mol. The van der Waals surface area contributed by atoms with Crippen LogP contribution in [0.1, 0.15) is 44.9 Å². The van der Waals surface area contributed by atoms with Gasteiger partial charge in [0.1, 0.15) is 5.82 Å². The Morgan fingerprint density at radius 3 is 2.62 bits per heavy atom. The lowest BCUT2D eigenvalue weighted by molar-refractivity contribution is -0.122. The number of amides is 1. The van der Waals surface area contributed by atoms with Crippen molar-refractivity contribution in [2.75, 3.05) is 19.6 Å². The normalized spacial score (nSPS) is 21.8. The molecule has 0 bridgehead atoms. The van der Waals surface area contributed by atoms with Crippen molar-refractivity contribution in [2.45, 2.75) is 63.1 Å². The third-order valence-corrected chi connectivity index (χ3v) is 8.00. The predicted molar refractivity (Wildman–Crippen MR) is 111 cm³/mol. The highest BCUT2D eigenvalue weighted by Gasteiger charge is 2.31. The topological polar surface area (TPSA) is 102 Å². The first-order chi connectivity index (χ1) is 13.9. The maximum absolute atomic E-state index is 13.0. The van der Waals surface area contributed by atoms with E-state index >= 15 is 0 Å². The van der Waals surface area contributed by atoms with E-state index in [4.69, 9.17) is 10.7 Å². The number of carbonyl (C=O) groups is 1. The largest absolute Gasteiger partial charge is 0.368 e. The van der Waals surface area contributed by atoms with Gasteiger partial charge in [-0.15, -0.1) is 0 Å². The fraction of sp³-hybridized carbons (Fsp3) is 0.600. The SMILES string of the molecule is CCn1c(CN2CCC[C@@H]2C(N)=O)nc2cc(S(=O)(=O)N3CCCCC3)ccc21. The summed E-state index contributed by atoms with van der Waals surface area (Å²) in [5.41, 5.74) is 7.13. The van der Waals surface area contributed by atoms with Gasteiger partial charge in [-0.05, 0) is 57.4 Å². The van der Waals surface area contributed by atoms with E-state index < -0.39 is 10.0 Å². The maximum atomic E-state index is 13.0. The van der Waals surface area contributed by atoms with E-state index in [0.717, 1.165) is 56.5 Å². The van der Waals surface area contributed by atoms with Gasteiger partial charge in [-0.3, -0.25) is 9.69 Å². The van der Waals surface area contributed by atoms with Crippen molar-refractivity contribution >= 4 is 27.0 Å². The summed E-state index contributed by atoms with van der Waals surface area (Å²) in [4.78, 5) is 18.8. The number of imidazole rings is 1. The van der Waals surface area contributed by atoms with Crippen LogP contribution in [0.4, 0.5) is 0 Å². The molecule has 0 saturated carbocycles. The van der Waals surface area contributed by atoms with E-state index in [1.165, 1.54) is 0 Å². The highest BCUT2D eigenvalue weighted by atomic mass is 32.2. The fourth-order valence-electron chi connectivity index (χ4n) is 4.57. The Morgan fingerprint density at radius 2 is 1.93 bits per heavy atom. The second-order valence-electron chi connectivity index (χ2n) is 7.92. The van der Waals surface area contributed by atoms with Gasteiger partial charge in [0, 0.05) is 19.6 Å². The number of hydrogen-bond acceptors (Lipinski definition) is 5. The lowest BCUT2D eigenvalue weighted by Gasteiger charge is -2.25. The molecule has 158 valence electrons. The minimum atomic E-state index is -3.49. The maximum Gasteiger partial charge on any atom is 0.243 e. The first-order valence-electron chi connectivity index (χ1n) is 10.4. The zero-order valence-corrected chi connectivity index (χ0v) is 17.7. The number of hydrogen-bond donors (Lipinski definition) is 1. The van der Waals surface area contributed by atoms with Crippen molar-refractivity contribution in [2.24, 2.45) is 5.73 Å². The molecular formula is C20H29N5O3S. The molecule has 8 nitrogen and oxygen atoms in total. The summed E-state index contributed by atoms with van der Waals surface area (Å²) < 4.78 is 29.7. The van der Waals surface area contributed by atoms with Crippen LogP contribution >= 0.6 is 0 Å². The number of nitrogens with two attached hydrogens (primary N) is 1. The molecule has 1 aromatic heterocycles. The molecule has 2 aliphatic heterocycles. The molecule has 29 heavy (non-hydrogen) atoms. The predicted octanol–water partition coefficient (Wildman–Crippen LogP) is 1.68. The zero-order chi connectivity index (χ0) is 20.6. The molecule has 1 atom stereocenters. The van der Waals surface area contributed by atoms with Crippen molar-refractivity contribution in [1.29, 1.82) is 0 Å². The Bertz CT molecular complexity index is 1010. The number of likely N-dealkylation sites (tertiary alicyclic amines) is 1. The number of benzene rings is 1. The number of piperidine rings is 1. The Morgan fingerprint density at radius 1 is 1.17 bits per heavy atom. The molecule has 2 fully saturated rings.